The minimum atomic E-state index is 0.244. The van der Waals surface area contributed by atoms with E-state index in [1.807, 2.05) is 0 Å². The number of halogens is 1. The first-order chi connectivity index (χ1) is 8.02. The predicted molar refractivity (Wildman–Crippen MR) is 67.3 cm³/mol. The summed E-state index contributed by atoms with van der Waals surface area (Å²) in [5, 5.41) is 8.64. The van der Waals surface area contributed by atoms with E-state index in [0.717, 1.165) is 38.4 Å². The standard InChI is InChI=1S/C12H20ClN3O/c1-9(2)10-14-15-11(13)16(10)8-12(3)4-6-17-7-5-12/h9H,4-8H2,1-3H3. The van der Waals surface area contributed by atoms with Gasteiger partial charge in [0.05, 0.1) is 0 Å². The lowest BCUT2D eigenvalue weighted by molar-refractivity contribution is 0.0150. The molecular formula is C12H20ClN3O. The Balaban J connectivity index is 2.19. The van der Waals surface area contributed by atoms with Crippen LogP contribution in [0.4, 0.5) is 0 Å². The molecule has 0 amide bonds. The molecule has 0 atom stereocenters. The van der Waals surface area contributed by atoms with E-state index in [9.17, 15) is 0 Å². The Morgan fingerprint density at radius 2 is 2.00 bits per heavy atom. The smallest absolute Gasteiger partial charge is 0.225 e. The Hall–Kier alpha value is -0.610. The summed E-state index contributed by atoms with van der Waals surface area (Å²) >= 11 is 6.13. The second kappa shape index (κ2) is 4.94. The molecule has 1 aliphatic rings. The van der Waals surface area contributed by atoms with Crippen LogP contribution in [0.5, 0.6) is 0 Å². The number of nitrogens with zero attached hydrogens (tertiary/aromatic N) is 3. The third-order valence-corrected chi connectivity index (χ3v) is 3.77. The van der Waals surface area contributed by atoms with Crippen LogP contribution in [0.15, 0.2) is 0 Å². The highest BCUT2D eigenvalue weighted by molar-refractivity contribution is 6.28. The number of ether oxygens (including phenoxy) is 1. The summed E-state index contributed by atoms with van der Waals surface area (Å²) in [6.07, 6.45) is 2.14. The molecule has 0 spiro atoms. The maximum Gasteiger partial charge on any atom is 0.225 e. The minimum Gasteiger partial charge on any atom is -0.381 e. The first-order valence-electron chi connectivity index (χ1n) is 6.18. The van der Waals surface area contributed by atoms with Gasteiger partial charge in [0.15, 0.2) is 0 Å². The molecule has 1 aromatic heterocycles. The van der Waals surface area contributed by atoms with Crippen LogP contribution in [0, 0.1) is 5.41 Å². The van der Waals surface area contributed by atoms with Gasteiger partial charge in [0.25, 0.3) is 0 Å². The first-order valence-corrected chi connectivity index (χ1v) is 6.56. The Labute approximate surface area is 107 Å². The van der Waals surface area contributed by atoms with E-state index in [4.69, 9.17) is 16.3 Å². The van der Waals surface area contributed by atoms with Gasteiger partial charge in [-0.15, -0.1) is 10.2 Å². The van der Waals surface area contributed by atoms with Crippen molar-refractivity contribution in [3.8, 4) is 0 Å². The van der Waals surface area contributed by atoms with Gasteiger partial charge < -0.3 is 9.30 Å². The molecule has 2 heterocycles. The van der Waals surface area contributed by atoms with E-state index < -0.39 is 0 Å². The number of aromatic nitrogens is 3. The largest absolute Gasteiger partial charge is 0.381 e. The van der Waals surface area contributed by atoms with E-state index in [2.05, 4.69) is 35.5 Å². The summed E-state index contributed by atoms with van der Waals surface area (Å²) in [5.41, 5.74) is 0.244. The molecule has 0 bridgehead atoms. The molecule has 1 aliphatic heterocycles. The van der Waals surface area contributed by atoms with Crippen molar-refractivity contribution >= 4 is 11.6 Å². The van der Waals surface area contributed by atoms with Crippen LogP contribution in [0.1, 0.15) is 45.4 Å². The maximum atomic E-state index is 6.13. The minimum absolute atomic E-state index is 0.244. The van der Waals surface area contributed by atoms with Crippen molar-refractivity contribution in [2.45, 2.75) is 46.1 Å². The molecule has 1 saturated heterocycles. The molecule has 0 aliphatic carbocycles. The maximum absolute atomic E-state index is 6.13. The molecule has 2 rings (SSSR count). The van der Waals surface area contributed by atoms with Gasteiger partial charge in [0, 0.05) is 25.7 Å². The van der Waals surface area contributed by atoms with Crippen LogP contribution in [-0.4, -0.2) is 28.0 Å². The Bertz CT molecular complexity index is 383. The highest BCUT2D eigenvalue weighted by Gasteiger charge is 2.30. The molecule has 0 aromatic carbocycles. The molecule has 1 aromatic rings. The molecule has 17 heavy (non-hydrogen) atoms. The summed E-state index contributed by atoms with van der Waals surface area (Å²) in [6, 6.07) is 0. The average Bonchev–Trinajstić information content (AvgIpc) is 2.61. The van der Waals surface area contributed by atoms with E-state index in [-0.39, 0.29) is 5.41 Å². The van der Waals surface area contributed by atoms with Crippen LogP contribution in [0.2, 0.25) is 5.28 Å². The van der Waals surface area contributed by atoms with Crippen LogP contribution in [0.3, 0.4) is 0 Å². The molecule has 5 heteroatoms. The van der Waals surface area contributed by atoms with Crippen molar-refractivity contribution in [3.05, 3.63) is 11.1 Å². The predicted octanol–water partition coefficient (Wildman–Crippen LogP) is 2.87. The van der Waals surface area contributed by atoms with Crippen LogP contribution in [-0.2, 0) is 11.3 Å². The van der Waals surface area contributed by atoms with Gasteiger partial charge in [-0.3, -0.25) is 0 Å². The second-order valence-corrected chi connectivity index (χ2v) is 5.83. The quantitative estimate of drug-likeness (QED) is 0.836. The third-order valence-electron chi connectivity index (χ3n) is 3.49. The molecule has 1 fully saturated rings. The molecular weight excluding hydrogens is 238 g/mol. The van der Waals surface area contributed by atoms with E-state index in [1.165, 1.54) is 0 Å². The first kappa shape index (κ1) is 12.8. The van der Waals surface area contributed by atoms with Crippen molar-refractivity contribution < 1.29 is 4.74 Å². The highest BCUT2D eigenvalue weighted by Crippen LogP contribution is 2.33. The monoisotopic (exact) mass is 257 g/mol. The average molecular weight is 258 g/mol. The van der Waals surface area contributed by atoms with Gasteiger partial charge in [0.2, 0.25) is 5.28 Å². The molecule has 0 radical (unpaired) electrons. The fourth-order valence-electron chi connectivity index (χ4n) is 2.27. The zero-order valence-corrected chi connectivity index (χ0v) is 11.5. The molecule has 0 unspecified atom stereocenters. The van der Waals surface area contributed by atoms with E-state index >= 15 is 0 Å². The van der Waals surface area contributed by atoms with Crippen LogP contribution >= 0.6 is 11.6 Å². The van der Waals surface area contributed by atoms with Gasteiger partial charge in [-0.1, -0.05) is 20.8 Å². The lowest BCUT2D eigenvalue weighted by Crippen LogP contribution is -2.31. The number of hydrogen-bond donors (Lipinski definition) is 0. The topological polar surface area (TPSA) is 39.9 Å². The van der Waals surface area contributed by atoms with Crippen molar-refractivity contribution in [1.82, 2.24) is 14.8 Å². The zero-order chi connectivity index (χ0) is 12.5. The Morgan fingerprint density at radius 1 is 1.35 bits per heavy atom. The highest BCUT2D eigenvalue weighted by atomic mass is 35.5. The summed E-state index contributed by atoms with van der Waals surface area (Å²) < 4.78 is 7.47. The number of hydrogen-bond acceptors (Lipinski definition) is 3. The van der Waals surface area contributed by atoms with E-state index in [0.29, 0.717) is 11.2 Å². The molecule has 0 N–H and O–H groups in total. The summed E-state index contributed by atoms with van der Waals surface area (Å²) in [5.74, 6) is 1.32. The van der Waals surface area contributed by atoms with Gasteiger partial charge in [-0.25, -0.2) is 0 Å². The number of rotatable bonds is 3. The lowest BCUT2D eigenvalue weighted by Gasteiger charge is -2.34. The van der Waals surface area contributed by atoms with Crippen LogP contribution < -0.4 is 0 Å². The van der Waals surface area contributed by atoms with Crippen LogP contribution in [0.25, 0.3) is 0 Å². The lowest BCUT2D eigenvalue weighted by atomic mass is 9.82. The van der Waals surface area contributed by atoms with Gasteiger partial charge in [-0.05, 0) is 29.9 Å². The van der Waals surface area contributed by atoms with Gasteiger partial charge in [-0.2, -0.15) is 0 Å². The van der Waals surface area contributed by atoms with Gasteiger partial charge >= 0.3 is 0 Å². The fourth-order valence-corrected chi connectivity index (χ4v) is 2.46. The second-order valence-electron chi connectivity index (χ2n) is 5.49. The van der Waals surface area contributed by atoms with Crippen molar-refractivity contribution in [2.75, 3.05) is 13.2 Å². The Kier molecular flexibility index (Phi) is 3.73. The van der Waals surface area contributed by atoms with Crippen molar-refractivity contribution in [2.24, 2.45) is 5.41 Å². The summed E-state index contributed by atoms with van der Waals surface area (Å²) in [7, 11) is 0. The molecule has 96 valence electrons. The fraction of sp³-hybridized carbons (Fsp3) is 0.833. The normalized spacial score (nSPS) is 19.8. The van der Waals surface area contributed by atoms with Crippen molar-refractivity contribution in [3.63, 3.8) is 0 Å². The van der Waals surface area contributed by atoms with Gasteiger partial charge in [0.1, 0.15) is 5.82 Å². The third kappa shape index (κ3) is 2.80. The molecule has 0 saturated carbocycles. The Morgan fingerprint density at radius 3 is 2.59 bits per heavy atom. The van der Waals surface area contributed by atoms with Crippen molar-refractivity contribution in [1.29, 1.82) is 0 Å². The molecule has 4 nitrogen and oxygen atoms in total. The summed E-state index contributed by atoms with van der Waals surface area (Å²) in [6.45, 7) is 9.08. The van der Waals surface area contributed by atoms with E-state index in [1.54, 1.807) is 0 Å². The summed E-state index contributed by atoms with van der Waals surface area (Å²) in [4.78, 5) is 0. The SMILES string of the molecule is CC(C)c1nnc(Cl)n1CC1(C)CCOCC1. The zero-order valence-electron chi connectivity index (χ0n) is 10.7.